The summed E-state index contributed by atoms with van der Waals surface area (Å²) in [6, 6.07) is 10.1. The molecule has 2 aromatic carbocycles. The standard InChI is InChI=1S/C15H13F3O2S/c1-20-12-6-3-10(4-7-12)13-8-5-11(15(16,17)18)9-14(13)21(2)19/h3-9H,1-2H3. The molecule has 0 fully saturated rings. The predicted molar refractivity (Wildman–Crippen MR) is 75.8 cm³/mol. The van der Waals surface area contributed by atoms with Gasteiger partial charge in [0.15, 0.2) is 0 Å². The second-order valence-electron chi connectivity index (χ2n) is 4.39. The average Bonchev–Trinajstić information content (AvgIpc) is 2.45. The van der Waals surface area contributed by atoms with Crippen molar-refractivity contribution in [2.24, 2.45) is 0 Å². The Balaban J connectivity index is 2.54. The Morgan fingerprint density at radius 2 is 1.67 bits per heavy atom. The molecule has 0 amide bonds. The van der Waals surface area contributed by atoms with Crippen LogP contribution in [0.5, 0.6) is 5.75 Å². The van der Waals surface area contributed by atoms with Crippen molar-refractivity contribution < 1.29 is 22.1 Å². The van der Waals surface area contributed by atoms with Gasteiger partial charge in [0, 0.05) is 11.2 Å². The maximum absolute atomic E-state index is 12.7. The molecule has 2 nitrogen and oxygen atoms in total. The smallest absolute Gasteiger partial charge is 0.416 e. The van der Waals surface area contributed by atoms with E-state index in [4.69, 9.17) is 4.74 Å². The monoisotopic (exact) mass is 314 g/mol. The maximum Gasteiger partial charge on any atom is 0.416 e. The molecule has 2 aromatic rings. The van der Waals surface area contributed by atoms with Crippen LogP contribution in [0.2, 0.25) is 0 Å². The van der Waals surface area contributed by atoms with Gasteiger partial charge in [0.2, 0.25) is 0 Å². The van der Waals surface area contributed by atoms with Crippen LogP contribution in [-0.4, -0.2) is 17.6 Å². The van der Waals surface area contributed by atoms with Crippen LogP contribution in [0, 0.1) is 0 Å². The zero-order chi connectivity index (χ0) is 15.6. The highest BCUT2D eigenvalue weighted by molar-refractivity contribution is 7.84. The SMILES string of the molecule is COc1ccc(-c2ccc(C(F)(F)F)cc2S(C)=O)cc1. The van der Waals surface area contributed by atoms with Gasteiger partial charge >= 0.3 is 6.18 Å². The van der Waals surface area contributed by atoms with Gasteiger partial charge in [-0.05, 0) is 35.4 Å². The molecule has 0 aromatic heterocycles. The van der Waals surface area contributed by atoms with E-state index in [1.54, 1.807) is 24.3 Å². The van der Waals surface area contributed by atoms with E-state index in [9.17, 15) is 17.4 Å². The first-order chi connectivity index (χ1) is 9.82. The fourth-order valence-electron chi connectivity index (χ4n) is 1.95. The van der Waals surface area contributed by atoms with E-state index in [2.05, 4.69) is 0 Å². The topological polar surface area (TPSA) is 26.3 Å². The molecule has 6 heteroatoms. The molecule has 0 N–H and O–H groups in total. The molecule has 21 heavy (non-hydrogen) atoms. The largest absolute Gasteiger partial charge is 0.497 e. The van der Waals surface area contributed by atoms with Gasteiger partial charge in [-0.2, -0.15) is 13.2 Å². The quantitative estimate of drug-likeness (QED) is 0.852. The molecule has 1 atom stereocenters. The normalized spacial score (nSPS) is 13.0. The molecular formula is C15H13F3O2S. The lowest BCUT2D eigenvalue weighted by molar-refractivity contribution is -0.137. The molecule has 0 aliphatic heterocycles. The molecule has 0 radical (unpaired) electrons. The van der Waals surface area contributed by atoms with Gasteiger partial charge in [-0.15, -0.1) is 0 Å². The van der Waals surface area contributed by atoms with Gasteiger partial charge in [0.25, 0.3) is 0 Å². The second-order valence-corrected chi connectivity index (χ2v) is 5.74. The average molecular weight is 314 g/mol. The molecule has 0 saturated heterocycles. The number of benzene rings is 2. The Labute approximate surface area is 123 Å². The molecule has 0 bridgehead atoms. The zero-order valence-electron chi connectivity index (χ0n) is 11.4. The summed E-state index contributed by atoms with van der Waals surface area (Å²) in [4.78, 5) is 0.162. The van der Waals surface area contributed by atoms with Gasteiger partial charge in [-0.1, -0.05) is 18.2 Å². The number of alkyl halides is 3. The lowest BCUT2D eigenvalue weighted by Gasteiger charge is -2.12. The van der Waals surface area contributed by atoms with Gasteiger partial charge in [-0.3, -0.25) is 4.21 Å². The lowest BCUT2D eigenvalue weighted by atomic mass is 10.0. The summed E-state index contributed by atoms with van der Waals surface area (Å²) in [7, 11) is 0.00296. The van der Waals surface area contributed by atoms with Gasteiger partial charge in [-0.25, -0.2) is 0 Å². The molecule has 0 aliphatic rings. The highest BCUT2D eigenvalue weighted by atomic mass is 32.2. The van der Waals surface area contributed by atoms with Crippen LogP contribution in [0.3, 0.4) is 0 Å². The first-order valence-electron chi connectivity index (χ1n) is 6.02. The molecule has 112 valence electrons. The van der Waals surface area contributed by atoms with E-state index in [1.807, 2.05) is 0 Å². The van der Waals surface area contributed by atoms with Crippen LogP contribution in [-0.2, 0) is 17.0 Å². The zero-order valence-corrected chi connectivity index (χ0v) is 12.2. The Hall–Kier alpha value is -1.82. The molecule has 2 rings (SSSR count). The van der Waals surface area contributed by atoms with Crippen LogP contribution in [0.4, 0.5) is 13.2 Å². The summed E-state index contributed by atoms with van der Waals surface area (Å²) in [6.45, 7) is 0. The van der Waals surface area contributed by atoms with Crippen LogP contribution in [0.1, 0.15) is 5.56 Å². The third-order valence-corrected chi connectivity index (χ3v) is 3.98. The van der Waals surface area contributed by atoms with Crippen molar-refractivity contribution in [3.63, 3.8) is 0 Å². The third-order valence-electron chi connectivity index (χ3n) is 3.02. The predicted octanol–water partition coefficient (Wildman–Crippen LogP) is 4.12. The highest BCUT2D eigenvalue weighted by Gasteiger charge is 2.31. The summed E-state index contributed by atoms with van der Waals surface area (Å²) in [6.07, 6.45) is -3.09. The van der Waals surface area contributed by atoms with Crippen LogP contribution < -0.4 is 4.74 Å². The Bertz CT molecular complexity index is 664. The fourth-order valence-corrected chi connectivity index (χ4v) is 2.73. The van der Waals surface area contributed by atoms with Crippen molar-refractivity contribution in [3.8, 4) is 16.9 Å². The van der Waals surface area contributed by atoms with Crippen LogP contribution >= 0.6 is 0 Å². The van der Waals surface area contributed by atoms with E-state index in [-0.39, 0.29) is 4.90 Å². The van der Waals surface area contributed by atoms with Gasteiger partial charge < -0.3 is 4.74 Å². The minimum Gasteiger partial charge on any atom is -0.497 e. The minimum absolute atomic E-state index is 0.162. The molecule has 1 unspecified atom stereocenters. The van der Waals surface area contributed by atoms with Gasteiger partial charge in [0.1, 0.15) is 5.75 Å². The van der Waals surface area contributed by atoms with E-state index < -0.39 is 22.5 Å². The minimum atomic E-state index is -4.45. The first kappa shape index (κ1) is 15.6. The van der Waals surface area contributed by atoms with Crippen molar-refractivity contribution in [1.29, 1.82) is 0 Å². The number of methoxy groups -OCH3 is 1. The van der Waals surface area contributed by atoms with Crippen molar-refractivity contribution in [2.75, 3.05) is 13.4 Å². The number of halogens is 3. The van der Waals surface area contributed by atoms with Crippen molar-refractivity contribution >= 4 is 10.8 Å². The van der Waals surface area contributed by atoms with E-state index in [1.165, 1.54) is 19.4 Å². The van der Waals surface area contributed by atoms with Crippen molar-refractivity contribution in [2.45, 2.75) is 11.1 Å². The molecule has 0 spiro atoms. The molecular weight excluding hydrogens is 301 g/mol. The molecule has 0 heterocycles. The lowest BCUT2D eigenvalue weighted by Crippen LogP contribution is -2.06. The summed E-state index contributed by atoms with van der Waals surface area (Å²) < 4.78 is 55.0. The van der Waals surface area contributed by atoms with Crippen molar-refractivity contribution in [1.82, 2.24) is 0 Å². The van der Waals surface area contributed by atoms with Crippen LogP contribution in [0.15, 0.2) is 47.4 Å². The summed E-state index contributed by atoms with van der Waals surface area (Å²) in [5.41, 5.74) is 0.408. The highest BCUT2D eigenvalue weighted by Crippen LogP contribution is 2.35. The van der Waals surface area contributed by atoms with Crippen molar-refractivity contribution in [3.05, 3.63) is 48.0 Å². The van der Waals surface area contributed by atoms with Crippen LogP contribution in [0.25, 0.3) is 11.1 Å². The van der Waals surface area contributed by atoms with E-state index >= 15 is 0 Å². The fraction of sp³-hybridized carbons (Fsp3) is 0.200. The number of hydrogen-bond donors (Lipinski definition) is 0. The third kappa shape index (κ3) is 3.44. The summed E-state index contributed by atoms with van der Waals surface area (Å²) in [5, 5.41) is 0. The first-order valence-corrected chi connectivity index (χ1v) is 7.58. The number of ether oxygens (including phenoxy) is 1. The maximum atomic E-state index is 12.7. The number of hydrogen-bond acceptors (Lipinski definition) is 2. The molecule has 0 saturated carbocycles. The Morgan fingerprint density at radius 3 is 2.14 bits per heavy atom. The second kappa shape index (κ2) is 5.89. The van der Waals surface area contributed by atoms with E-state index in [0.29, 0.717) is 16.9 Å². The summed E-state index contributed by atoms with van der Waals surface area (Å²) in [5.74, 6) is 0.643. The Kier molecular flexibility index (Phi) is 4.37. The van der Waals surface area contributed by atoms with E-state index in [0.717, 1.165) is 12.1 Å². The Morgan fingerprint density at radius 1 is 1.05 bits per heavy atom. The molecule has 0 aliphatic carbocycles. The van der Waals surface area contributed by atoms with Gasteiger partial charge in [0.05, 0.1) is 23.5 Å². The summed E-state index contributed by atoms with van der Waals surface area (Å²) >= 11 is 0. The number of rotatable bonds is 3.